The van der Waals surface area contributed by atoms with Crippen LogP contribution in [0.4, 0.5) is 0 Å². The number of aromatic amines is 1. The minimum Gasteiger partial charge on any atom is -0.312 e. The molecule has 88 valence electrons. The summed E-state index contributed by atoms with van der Waals surface area (Å²) < 4.78 is 1.68. The molecule has 0 bridgehead atoms. The van der Waals surface area contributed by atoms with Crippen molar-refractivity contribution in [1.82, 2.24) is 9.55 Å². The smallest absolute Gasteiger partial charge is 0.312 e. The summed E-state index contributed by atoms with van der Waals surface area (Å²) in [6.07, 6.45) is 1.74. The van der Waals surface area contributed by atoms with Crippen LogP contribution in [0.3, 0.4) is 0 Å². The molecular weight excluding hydrogens is 224 g/mol. The van der Waals surface area contributed by atoms with Crippen molar-refractivity contribution in [1.29, 1.82) is 0 Å². The zero-order chi connectivity index (χ0) is 12.4. The molecule has 0 saturated carbocycles. The van der Waals surface area contributed by atoms with E-state index >= 15 is 0 Å². The van der Waals surface area contributed by atoms with Crippen LogP contribution in [0.15, 0.2) is 71.7 Å². The summed E-state index contributed by atoms with van der Waals surface area (Å²) in [6, 6.07) is 19.5. The van der Waals surface area contributed by atoms with E-state index in [0.29, 0.717) is 0 Å². The Morgan fingerprint density at radius 2 is 1.44 bits per heavy atom. The number of aromatic nitrogens is 2. The molecule has 0 spiro atoms. The summed E-state index contributed by atoms with van der Waals surface area (Å²) in [5.41, 5.74) is 2.62. The number of hydrogen-bond donors (Lipinski definition) is 1. The Labute approximate surface area is 104 Å². The van der Waals surface area contributed by atoms with Crippen LogP contribution < -0.4 is 5.69 Å². The highest BCUT2D eigenvalue weighted by Crippen LogP contribution is 2.19. The highest BCUT2D eigenvalue weighted by atomic mass is 16.1. The number of H-pyrrole nitrogens is 1. The lowest BCUT2D eigenvalue weighted by molar-refractivity contribution is 0.993. The van der Waals surface area contributed by atoms with Crippen LogP contribution in [0.5, 0.6) is 0 Å². The van der Waals surface area contributed by atoms with Gasteiger partial charge in [0.15, 0.2) is 0 Å². The SMILES string of the molecule is O=c1[nH]cc(-c2ccccc2)n1-c1ccccc1. The highest BCUT2D eigenvalue weighted by molar-refractivity contribution is 5.61. The Bertz CT molecular complexity index is 696. The lowest BCUT2D eigenvalue weighted by Gasteiger charge is -2.06. The summed E-state index contributed by atoms with van der Waals surface area (Å²) in [5.74, 6) is 0. The van der Waals surface area contributed by atoms with Crippen molar-refractivity contribution in [3.63, 3.8) is 0 Å². The van der Waals surface area contributed by atoms with E-state index in [4.69, 9.17) is 0 Å². The molecule has 0 radical (unpaired) electrons. The van der Waals surface area contributed by atoms with Gasteiger partial charge in [-0.3, -0.25) is 4.57 Å². The summed E-state index contributed by atoms with van der Waals surface area (Å²) in [6.45, 7) is 0. The fraction of sp³-hybridized carbons (Fsp3) is 0. The number of rotatable bonds is 2. The number of imidazole rings is 1. The van der Waals surface area contributed by atoms with Crippen LogP contribution in [0.1, 0.15) is 0 Å². The molecule has 0 amide bonds. The minimum atomic E-state index is -0.125. The van der Waals surface area contributed by atoms with Gasteiger partial charge in [0.1, 0.15) is 0 Å². The van der Waals surface area contributed by atoms with Crippen LogP contribution in [0.2, 0.25) is 0 Å². The van der Waals surface area contributed by atoms with Gasteiger partial charge in [-0.1, -0.05) is 48.5 Å². The normalized spacial score (nSPS) is 10.4. The maximum absolute atomic E-state index is 11.9. The number of nitrogens with one attached hydrogen (secondary N) is 1. The number of nitrogens with zero attached hydrogens (tertiary/aromatic N) is 1. The first kappa shape index (κ1) is 10.6. The van der Waals surface area contributed by atoms with Gasteiger partial charge in [-0.2, -0.15) is 0 Å². The van der Waals surface area contributed by atoms with Gasteiger partial charge < -0.3 is 4.98 Å². The molecular formula is C15H12N2O. The van der Waals surface area contributed by atoms with Crippen molar-refractivity contribution in [2.45, 2.75) is 0 Å². The van der Waals surface area contributed by atoms with Crippen molar-refractivity contribution in [3.8, 4) is 16.9 Å². The van der Waals surface area contributed by atoms with Crippen LogP contribution in [0, 0.1) is 0 Å². The number of hydrogen-bond acceptors (Lipinski definition) is 1. The van der Waals surface area contributed by atoms with Gasteiger partial charge in [0.05, 0.1) is 11.4 Å². The second-order valence-corrected chi connectivity index (χ2v) is 4.02. The highest BCUT2D eigenvalue weighted by Gasteiger charge is 2.09. The third-order valence-corrected chi connectivity index (χ3v) is 2.86. The Hall–Kier alpha value is -2.55. The van der Waals surface area contributed by atoms with Crippen molar-refractivity contribution in [2.75, 3.05) is 0 Å². The van der Waals surface area contributed by atoms with E-state index in [2.05, 4.69) is 4.98 Å². The van der Waals surface area contributed by atoms with Crippen molar-refractivity contribution in [2.24, 2.45) is 0 Å². The first-order chi connectivity index (χ1) is 8.86. The van der Waals surface area contributed by atoms with Gasteiger partial charge in [0.2, 0.25) is 0 Å². The first-order valence-electron chi connectivity index (χ1n) is 5.77. The second-order valence-electron chi connectivity index (χ2n) is 4.02. The molecule has 3 rings (SSSR count). The fourth-order valence-electron chi connectivity index (χ4n) is 2.02. The standard InChI is InChI=1S/C15H12N2O/c18-15-16-11-14(12-7-3-1-4-8-12)17(15)13-9-5-2-6-10-13/h1-11H,(H,16,18). The predicted molar refractivity (Wildman–Crippen MR) is 71.8 cm³/mol. The van der Waals surface area contributed by atoms with Crippen molar-refractivity contribution in [3.05, 3.63) is 77.3 Å². The average Bonchev–Trinajstić information content (AvgIpc) is 2.83. The molecule has 3 aromatic rings. The Morgan fingerprint density at radius 1 is 0.833 bits per heavy atom. The van der Waals surface area contributed by atoms with Crippen LogP contribution >= 0.6 is 0 Å². The molecule has 1 N–H and O–H groups in total. The van der Waals surface area contributed by atoms with Gasteiger partial charge in [-0.25, -0.2) is 4.79 Å². The van der Waals surface area contributed by atoms with E-state index in [1.165, 1.54) is 0 Å². The van der Waals surface area contributed by atoms with E-state index < -0.39 is 0 Å². The third-order valence-electron chi connectivity index (χ3n) is 2.86. The quantitative estimate of drug-likeness (QED) is 0.730. The summed E-state index contributed by atoms with van der Waals surface area (Å²) in [5, 5.41) is 0. The second kappa shape index (κ2) is 4.37. The van der Waals surface area contributed by atoms with Crippen LogP contribution in [-0.2, 0) is 0 Å². The molecule has 1 heterocycles. The molecule has 18 heavy (non-hydrogen) atoms. The number of benzene rings is 2. The topological polar surface area (TPSA) is 37.8 Å². The summed E-state index contributed by atoms with van der Waals surface area (Å²) in [4.78, 5) is 14.7. The molecule has 0 unspecified atom stereocenters. The zero-order valence-electron chi connectivity index (χ0n) is 9.71. The third kappa shape index (κ3) is 1.76. The maximum atomic E-state index is 11.9. The number of para-hydroxylation sites is 1. The van der Waals surface area contributed by atoms with Crippen LogP contribution in [0.25, 0.3) is 16.9 Å². The van der Waals surface area contributed by atoms with Gasteiger partial charge in [0.25, 0.3) is 0 Å². The summed E-state index contributed by atoms with van der Waals surface area (Å²) >= 11 is 0. The average molecular weight is 236 g/mol. The molecule has 0 atom stereocenters. The molecule has 3 heteroatoms. The summed E-state index contributed by atoms with van der Waals surface area (Å²) in [7, 11) is 0. The monoisotopic (exact) mass is 236 g/mol. The molecule has 0 fully saturated rings. The molecule has 1 aromatic heterocycles. The predicted octanol–water partition coefficient (Wildman–Crippen LogP) is 2.83. The molecule has 2 aromatic carbocycles. The maximum Gasteiger partial charge on any atom is 0.330 e. The van der Waals surface area contributed by atoms with Gasteiger partial charge in [-0.15, -0.1) is 0 Å². The van der Waals surface area contributed by atoms with E-state index in [1.54, 1.807) is 10.8 Å². The van der Waals surface area contributed by atoms with Crippen LogP contribution in [-0.4, -0.2) is 9.55 Å². The van der Waals surface area contributed by atoms with Gasteiger partial charge >= 0.3 is 5.69 Å². The molecule has 0 saturated heterocycles. The van der Waals surface area contributed by atoms with Crippen molar-refractivity contribution < 1.29 is 0 Å². The lowest BCUT2D eigenvalue weighted by Crippen LogP contribution is -2.15. The lowest BCUT2D eigenvalue weighted by atomic mass is 10.1. The molecule has 0 aliphatic rings. The van der Waals surface area contributed by atoms with Gasteiger partial charge in [-0.05, 0) is 12.1 Å². The molecule has 0 aliphatic carbocycles. The minimum absolute atomic E-state index is 0.125. The van der Waals surface area contributed by atoms with E-state index in [1.807, 2.05) is 60.7 Å². The van der Waals surface area contributed by atoms with E-state index in [0.717, 1.165) is 16.9 Å². The Morgan fingerprint density at radius 3 is 2.11 bits per heavy atom. The first-order valence-corrected chi connectivity index (χ1v) is 5.77. The zero-order valence-corrected chi connectivity index (χ0v) is 9.71. The molecule has 3 nitrogen and oxygen atoms in total. The Kier molecular flexibility index (Phi) is 2.57. The van der Waals surface area contributed by atoms with E-state index in [9.17, 15) is 4.79 Å². The van der Waals surface area contributed by atoms with Crippen molar-refractivity contribution >= 4 is 0 Å². The van der Waals surface area contributed by atoms with Gasteiger partial charge in [0, 0.05) is 11.8 Å². The van der Waals surface area contributed by atoms with E-state index in [-0.39, 0.29) is 5.69 Å². The fourth-order valence-corrected chi connectivity index (χ4v) is 2.02. The Balaban J connectivity index is 2.23. The molecule has 0 aliphatic heterocycles. The largest absolute Gasteiger partial charge is 0.330 e.